The van der Waals surface area contributed by atoms with Crippen molar-refractivity contribution in [1.29, 1.82) is 0 Å². The van der Waals surface area contributed by atoms with Gasteiger partial charge in [0.05, 0.1) is 19.1 Å². The van der Waals surface area contributed by atoms with Crippen molar-refractivity contribution < 1.29 is 39.3 Å². The van der Waals surface area contributed by atoms with Crippen molar-refractivity contribution in [2.75, 3.05) is 13.2 Å². The Kier molecular flexibility index (Phi) is 13.0. The van der Waals surface area contributed by atoms with E-state index in [-0.39, 0.29) is 31.3 Å². The van der Waals surface area contributed by atoms with Crippen LogP contribution >= 0.6 is 0 Å². The molecule has 15 nitrogen and oxygen atoms in total. The molecule has 0 aliphatic heterocycles. The highest BCUT2D eigenvalue weighted by Crippen LogP contribution is 2.04. The number of carbonyl (C=O) groups is 5. The summed E-state index contributed by atoms with van der Waals surface area (Å²) in [4.78, 5) is 63.0. The van der Waals surface area contributed by atoms with Gasteiger partial charge in [0.2, 0.25) is 17.7 Å². The monoisotopic (exact) mass is 475 g/mol. The van der Waals surface area contributed by atoms with Gasteiger partial charge in [-0.3, -0.25) is 24.2 Å². The number of amides is 3. The summed E-state index contributed by atoms with van der Waals surface area (Å²) in [5, 5.41) is 33.9. The normalized spacial score (nSPS) is 14.3. The van der Waals surface area contributed by atoms with Gasteiger partial charge in [0.1, 0.15) is 18.1 Å². The molecule has 0 saturated carbocycles. The van der Waals surface area contributed by atoms with Crippen LogP contribution in [-0.2, 0) is 24.0 Å². The van der Waals surface area contributed by atoms with E-state index in [0.717, 1.165) is 0 Å². The highest BCUT2D eigenvalue weighted by atomic mass is 16.4. The summed E-state index contributed by atoms with van der Waals surface area (Å²) in [6.07, 6.45) is -0.595. The van der Waals surface area contributed by atoms with Crippen LogP contribution < -0.4 is 33.2 Å². The highest BCUT2D eigenvalue weighted by molar-refractivity contribution is 5.94. The minimum absolute atomic E-state index is 0.0513. The second-order valence-corrected chi connectivity index (χ2v) is 7.52. The molecule has 33 heavy (non-hydrogen) atoms. The lowest BCUT2D eigenvalue weighted by Crippen LogP contribution is -2.58. The van der Waals surface area contributed by atoms with Gasteiger partial charge in [-0.25, -0.2) is 4.79 Å². The summed E-state index contributed by atoms with van der Waals surface area (Å²) < 4.78 is 0. The molecule has 0 aromatic rings. The van der Waals surface area contributed by atoms with Crippen LogP contribution in [0.3, 0.4) is 0 Å². The van der Waals surface area contributed by atoms with Crippen molar-refractivity contribution in [2.45, 2.75) is 57.3 Å². The quantitative estimate of drug-likeness (QED) is 0.0625. The number of nitrogens with zero attached hydrogens (tertiary/aromatic N) is 1. The van der Waals surface area contributed by atoms with Crippen LogP contribution in [0.2, 0.25) is 0 Å². The van der Waals surface area contributed by atoms with Crippen molar-refractivity contribution in [2.24, 2.45) is 28.1 Å². The van der Waals surface area contributed by atoms with Gasteiger partial charge in [-0.2, -0.15) is 0 Å². The Labute approximate surface area is 190 Å². The maximum Gasteiger partial charge on any atom is 0.326 e. The first-order valence-corrected chi connectivity index (χ1v) is 10.1. The summed E-state index contributed by atoms with van der Waals surface area (Å²) in [6.45, 7) is 2.65. The van der Waals surface area contributed by atoms with Gasteiger partial charge >= 0.3 is 11.9 Å². The molecule has 0 aromatic carbocycles. The molecule has 188 valence electrons. The molecule has 4 unspecified atom stereocenters. The number of aliphatic imine (C=N–C) groups is 1. The van der Waals surface area contributed by atoms with Crippen LogP contribution in [0.4, 0.5) is 0 Å². The summed E-state index contributed by atoms with van der Waals surface area (Å²) in [5.41, 5.74) is 16.3. The van der Waals surface area contributed by atoms with E-state index in [1.54, 1.807) is 13.8 Å². The standard InChI is InChI=1S/C18H33N7O8/c1-8(2)13(19)16(31)23-9(4-3-5-22-18(20)21)14(29)25-11(7-26)15(30)24-10(17(32)33)6-12(27)28/h8-11,13,26H,3-7,19H2,1-2H3,(H,23,31)(H,24,30)(H,25,29)(H,27,28)(H,32,33)(H4,20,21,22). The number of carboxylic acid groups (broad SMARTS) is 2. The molecule has 0 aliphatic rings. The van der Waals surface area contributed by atoms with Crippen LogP contribution in [0.25, 0.3) is 0 Å². The van der Waals surface area contributed by atoms with Crippen molar-refractivity contribution in [1.82, 2.24) is 16.0 Å². The minimum Gasteiger partial charge on any atom is -0.481 e. The number of aliphatic hydroxyl groups is 1. The molecule has 15 heteroatoms. The smallest absolute Gasteiger partial charge is 0.326 e. The maximum absolute atomic E-state index is 12.7. The van der Waals surface area contributed by atoms with Gasteiger partial charge in [0.25, 0.3) is 0 Å². The van der Waals surface area contributed by atoms with E-state index in [1.165, 1.54) is 0 Å². The first kappa shape index (κ1) is 29.5. The second-order valence-electron chi connectivity index (χ2n) is 7.52. The number of nitrogens with one attached hydrogen (secondary N) is 3. The number of aliphatic carboxylic acids is 2. The van der Waals surface area contributed by atoms with Crippen LogP contribution in [-0.4, -0.2) is 88.3 Å². The number of carbonyl (C=O) groups excluding carboxylic acids is 3. The van der Waals surface area contributed by atoms with Crippen molar-refractivity contribution in [3.63, 3.8) is 0 Å². The zero-order valence-corrected chi connectivity index (χ0v) is 18.5. The van der Waals surface area contributed by atoms with Crippen LogP contribution in [0.5, 0.6) is 0 Å². The van der Waals surface area contributed by atoms with E-state index >= 15 is 0 Å². The highest BCUT2D eigenvalue weighted by Gasteiger charge is 2.31. The Morgan fingerprint density at radius 1 is 0.879 bits per heavy atom. The van der Waals surface area contributed by atoms with Gasteiger partial charge in [0.15, 0.2) is 5.96 Å². The number of hydrogen-bond donors (Lipinski definition) is 9. The van der Waals surface area contributed by atoms with Gasteiger partial charge in [0, 0.05) is 6.54 Å². The summed E-state index contributed by atoms with van der Waals surface area (Å²) in [5.74, 6) is -6.07. The Bertz CT molecular complexity index is 739. The van der Waals surface area contributed by atoms with Crippen molar-refractivity contribution >= 4 is 35.6 Å². The number of hydrogen-bond acceptors (Lipinski definition) is 8. The molecule has 12 N–H and O–H groups in total. The maximum atomic E-state index is 12.7. The van der Waals surface area contributed by atoms with Crippen LogP contribution in [0.15, 0.2) is 4.99 Å². The van der Waals surface area contributed by atoms with Crippen molar-refractivity contribution in [3.8, 4) is 0 Å². The summed E-state index contributed by atoms with van der Waals surface area (Å²) in [6, 6.07) is -5.47. The molecule has 0 bridgehead atoms. The van der Waals surface area contributed by atoms with Gasteiger partial charge < -0.3 is 48.5 Å². The predicted octanol–water partition coefficient (Wildman–Crippen LogP) is -3.97. The van der Waals surface area contributed by atoms with Gasteiger partial charge in [-0.05, 0) is 18.8 Å². The molecule has 0 aromatic heterocycles. The predicted molar refractivity (Wildman–Crippen MR) is 115 cm³/mol. The lowest BCUT2D eigenvalue weighted by atomic mass is 10.0. The first-order chi connectivity index (χ1) is 15.3. The van der Waals surface area contributed by atoms with Crippen molar-refractivity contribution in [3.05, 3.63) is 0 Å². The fourth-order valence-corrected chi connectivity index (χ4v) is 2.46. The Morgan fingerprint density at radius 3 is 1.85 bits per heavy atom. The molecule has 0 saturated heterocycles. The number of guanidine groups is 1. The average molecular weight is 476 g/mol. The SMILES string of the molecule is CC(C)C(N)C(=O)NC(CCCN=C(N)N)C(=O)NC(CO)C(=O)NC(CC(=O)O)C(=O)O. The Hall–Kier alpha value is -3.46. The zero-order chi connectivity index (χ0) is 25.7. The molecule has 0 heterocycles. The summed E-state index contributed by atoms with van der Waals surface area (Å²) >= 11 is 0. The molecule has 0 fully saturated rings. The molecule has 0 radical (unpaired) electrons. The fourth-order valence-electron chi connectivity index (χ4n) is 2.46. The number of nitrogens with two attached hydrogens (primary N) is 3. The first-order valence-electron chi connectivity index (χ1n) is 10.1. The van der Waals surface area contributed by atoms with E-state index in [4.69, 9.17) is 27.4 Å². The van der Waals surface area contributed by atoms with E-state index in [2.05, 4.69) is 15.6 Å². The minimum atomic E-state index is -1.78. The van der Waals surface area contributed by atoms with Gasteiger partial charge in [-0.1, -0.05) is 13.8 Å². The molecule has 4 atom stereocenters. The topological polar surface area (TPSA) is 273 Å². The second kappa shape index (κ2) is 14.6. The number of rotatable bonds is 15. The van der Waals surface area contributed by atoms with E-state index in [1.807, 2.05) is 5.32 Å². The van der Waals surface area contributed by atoms with Gasteiger partial charge in [-0.15, -0.1) is 0 Å². The van der Waals surface area contributed by atoms with E-state index in [9.17, 15) is 29.1 Å². The third kappa shape index (κ3) is 11.6. The number of carboxylic acids is 2. The van der Waals surface area contributed by atoms with E-state index in [0.29, 0.717) is 0 Å². The third-order valence-electron chi connectivity index (χ3n) is 4.41. The molecule has 0 aliphatic carbocycles. The van der Waals surface area contributed by atoms with Crippen LogP contribution in [0.1, 0.15) is 33.1 Å². The third-order valence-corrected chi connectivity index (χ3v) is 4.41. The largest absolute Gasteiger partial charge is 0.481 e. The number of aliphatic hydroxyl groups excluding tert-OH is 1. The molecule has 3 amide bonds. The lowest BCUT2D eigenvalue weighted by Gasteiger charge is -2.24. The molecular weight excluding hydrogens is 442 g/mol. The fraction of sp³-hybridized carbons (Fsp3) is 0.667. The van der Waals surface area contributed by atoms with Crippen LogP contribution in [0, 0.1) is 5.92 Å². The average Bonchev–Trinajstić information content (AvgIpc) is 2.71. The molecule has 0 rings (SSSR count). The summed E-state index contributed by atoms with van der Waals surface area (Å²) in [7, 11) is 0. The molecular formula is C18H33N7O8. The lowest BCUT2D eigenvalue weighted by molar-refractivity contribution is -0.147. The molecule has 0 spiro atoms. The zero-order valence-electron chi connectivity index (χ0n) is 18.5. The Morgan fingerprint density at radius 2 is 1.39 bits per heavy atom. The Balaban J connectivity index is 5.36. The van der Waals surface area contributed by atoms with E-state index < -0.39 is 66.9 Å².